The van der Waals surface area contributed by atoms with Gasteiger partial charge >= 0.3 is 17.7 Å². The third-order valence-corrected chi connectivity index (χ3v) is 7.71. The number of hydrogen-bond acceptors (Lipinski definition) is 5. The first-order chi connectivity index (χ1) is 18.2. The van der Waals surface area contributed by atoms with E-state index in [9.17, 15) is 18.0 Å². The zero-order valence-electron chi connectivity index (χ0n) is 23.3. The SMILES string of the molecule is CCn1nc(C(=O)NCC2CCC(C)CC2)c(Cl)c1-c1cnc(CC(C)(C)C(F)(F)F)cc1C(C)C.O=S=O. The Hall–Kier alpha value is -2.27. The van der Waals surface area contributed by atoms with Crippen molar-refractivity contribution >= 4 is 29.1 Å². The molecular formula is C27H38ClF3N4O3S. The lowest BCUT2D eigenvalue weighted by atomic mass is 9.83. The quantitative estimate of drug-likeness (QED) is 0.367. The first-order valence-corrected chi connectivity index (χ1v) is 14.2. The fraction of sp³-hybridized carbons (Fsp3) is 0.667. The number of hydrogen-bond donors (Lipinski definition) is 1. The van der Waals surface area contributed by atoms with Crippen molar-refractivity contribution in [2.45, 2.75) is 92.3 Å². The molecule has 1 N–H and O–H groups in total. The third kappa shape index (κ3) is 8.36. The maximum Gasteiger partial charge on any atom is 0.394 e. The second-order valence-electron chi connectivity index (χ2n) is 11.2. The number of rotatable bonds is 8. The highest BCUT2D eigenvalue weighted by Gasteiger charge is 2.47. The molecule has 0 radical (unpaired) electrons. The Morgan fingerprint density at radius 3 is 2.31 bits per heavy atom. The summed E-state index contributed by atoms with van der Waals surface area (Å²) in [5, 5.41) is 7.73. The van der Waals surface area contributed by atoms with Gasteiger partial charge in [0.1, 0.15) is 0 Å². The predicted molar refractivity (Wildman–Crippen MR) is 146 cm³/mol. The van der Waals surface area contributed by atoms with Crippen molar-refractivity contribution < 1.29 is 26.4 Å². The number of nitrogens with zero attached hydrogens (tertiary/aromatic N) is 3. The average molecular weight is 591 g/mol. The molecule has 1 aliphatic rings. The van der Waals surface area contributed by atoms with Gasteiger partial charge in [-0.1, -0.05) is 59.1 Å². The lowest BCUT2D eigenvalue weighted by Crippen LogP contribution is -2.34. The molecule has 0 aromatic carbocycles. The van der Waals surface area contributed by atoms with Crippen molar-refractivity contribution in [1.82, 2.24) is 20.1 Å². The van der Waals surface area contributed by atoms with Crippen molar-refractivity contribution in [1.29, 1.82) is 0 Å². The molecule has 39 heavy (non-hydrogen) atoms. The molecule has 0 saturated heterocycles. The molecule has 0 bridgehead atoms. The highest BCUT2D eigenvalue weighted by molar-refractivity contribution is 7.51. The van der Waals surface area contributed by atoms with Crippen LogP contribution in [0.1, 0.15) is 94.9 Å². The molecule has 3 rings (SSSR count). The van der Waals surface area contributed by atoms with Crippen LogP contribution in [0.2, 0.25) is 5.02 Å². The molecule has 1 aliphatic carbocycles. The molecule has 218 valence electrons. The maximum absolute atomic E-state index is 13.5. The van der Waals surface area contributed by atoms with Crippen molar-refractivity contribution in [3.63, 3.8) is 0 Å². The molecule has 1 fully saturated rings. The van der Waals surface area contributed by atoms with Gasteiger partial charge in [0.25, 0.3) is 5.91 Å². The van der Waals surface area contributed by atoms with Gasteiger partial charge < -0.3 is 5.32 Å². The number of nitrogens with one attached hydrogen (secondary N) is 1. The Morgan fingerprint density at radius 1 is 1.21 bits per heavy atom. The fourth-order valence-electron chi connectivity index (χ4n) is 4.77. The summed E-state index contributed by atoms with van der Waals surface area (Å²) in [6.07, 6.45) is 1.55. The summed E-state index contributed by atoms with van der Waals surface area (Å²) in [5.74, 6) is 0.887. The first kappa shape index (κ1) is 32.9. The van der Waals surface area contributed by atoms with E-state index in [0.717, 1.165) is 24.3 Å². The van der Waals surface area contributed by atoms with Gasteiger partial charge in [0, 0.05) is 37.0 Å². The third-order valence-electron chi connectivity index (χ3n) is 7.36. The van der Waals surface area contributed by atoms with Gasteiger partial charge in [0.2, 0.25) is 0 Å². The van der Waals surface area contributed by atoms with Crippen LogP contribution in [-0.2, 0) is 24.5 Å². The number of carbonyl (C=O) groups excluding carboxylic acids is 1. The number of amides is 1. The van der Waals surface area contributed by atoms with Crippen LogP contribution in [0.5, 0.6) is 0 Å². The van der Waals surface area contributed by atoms with E-state index in [1.165, 1.54) is 26.7 Å². The van der Waals surface area contributed by atoms with Crippen molar-refractivity contribution in [3.8, 4) is 11.3 Å². The highest BCUT2D eigenvalue weighted by Crippen LogP contribution is 2.41. The van der Waals surface area contributed by atoms with E-state index in [0.29, 0.717) is 36.0 Å². The average Bonchev–Trinajstić information content (AvgIpc) is 3.19. The minimum absolute atomic E-state index is 0.00186. The van der Waals surface area contributed by atoms with Crippen LogP contribution in [0.4, 0.5) is 13.2 Å². The van der Waals surface area contributed by atoms with E-state index in [2.05, 4.69) is 22.3 Å². The molecular weight excluding hydrogens is 553 g/mol. The molecule has 2 heterocycles. The van der Waals surface area contributed by atoms with Gasteiger partial charge in [0.15, 0.2) is 5.69 Å². The molecule has 2 aromatic rings. The summed E-state index contributed by atoms with van der Waals surface area (Å²) in [5.41, 5.74) is 0.683. The van der Waals surface area contributed by atoms with Gasteiger partial charge in [0.05, 0.1) is 16.1 Å². The second-order valence-corrected chi connectivity index (χ2v) is 11.7. The van der Waals surface area contributed by atoms with Gasteiger partial charge in [-0.15, -0.1) is 0 Å². The summed E-state index contributed by atoms with van der Waals surface area (Å²) in [7, 11) is 0. The number of alkyl halides is 3. The number of pyridine rings is 1. The molecule has 2 aromatic heterocycles. The molecule has 0 aliphatic heterocycles. The van der Waals surface area contributed by atoms with E-state index in [1.807, 2.05) is 20.8 Å². The number of aromatic nitrogens is 3. The van der Waals surface area contributed by atoms with Crippen LogP contribution in [0.15, 0.2) is 12.3 Å². The predicted octanol–water partition coefficient (Wildman–Crippen LogP) is 6.76. The molecule has 0 spiro atoms. The van der Waals surface area contributed by atoms with Gasteiger partial charge in [-0.25, -0.2) is 0 Å². The Morgan fingerprint density at radius 2 is 1.79 bits per heavy atom. The number of carbonyl (C=O) groups is 1. The van der Waals surface area contributed by atoms with Crippen LogP contribution >= 0.6 is 11.6 Å². The number of halogens is 4. The van der Waals surface area contributed by atoms with E-state index < -0.39 is 23.2 Å². The van der Waals surface area contributed by atoms with Crippen LogP contribution in [0, 0.1) is 17.3 Å². The number of aryl methyl sites for hydroxylation is 1. The van der Waals surface area contributed by atoms with E-state index in [1.54, 1.807) is 16.9 Å². The normalized spacial score (nSPS) is 17.9. The van der Waals surface area contributed by atoms with Crippen LogP contribution in [0.3, 0.4) is 0 Å². The Bertz CT molecular complexity index is 1170. The summed E-state index contributed by atoms with van der Waals surface area (Å²) >= 11 is 5.99. The van der Waals surface area contributed by atoms with E-state index >= 15 is 0 Å². The largest absolute Gasteiger partial charge is 0.394 e. The van der Waals surface area contributed by atoms with Crippen molar-refractivity contribution in [2.75, 3.05) is 6.54 Å². The first-order valence-electron chi connectivity index (χ1n) is 13.2. The second kappa shape index (κ2) is 13.9. The standard InChI is InChI=1S/C27H38ClF3N4O.O2S/c1-7-35-24(22(28)23(34-35)25(36)33-14-18-10-8-17(4)9-11-18)21-15-32-19(12-20(21)16(2)3)13-26(5,6)27(29,30)31;1-3-2/h12,15-18H,7-11,13-14H2,1-6H3,(H,33,36);. The van der Waals surface area contributed by atoms with Crippen LogP contribution in [0.25, 0.3) is 11.3 Å². The van der Waals surface area contributed by atoms with Crippen LogP contribution in [-0.4, -0.2) is 41.8 Å². The summed E-state index contributed by atoms with van der Waals surface area (Å²) in [6, 6.07) is 1.72. The van der Waals surface area contributed by atoms with Gasteiger partial charge in [-0.3, -0.25) is 14.5 Å². The fourth-order valence-corrected chi connectivity index (χ4v) is 5.09. The minimum Gasteiger partial charge on any atom is -0.350 e. The molecule has 1 saturated carbocycles. The maximum atomic E-state index is 13.5. The summed E-state index contributed by atoms with van der Waals surface area (Å²) in [4.78, 5) is 17.4. The Balaban J connectivity index is 0.00000170. The zero-order valence-corrected chi connectivity index (χ0v) is 24.9. The molecule has 0 atom stereocenters. The molecule has 0 unspecified atom stereocenters. The smallest absolute Gasteiger partial charge is 0.350 e. The lowest BCUT2D eigenvalue weighted by molar-refractivity contribution is -0.211. The molecule has 12 heteroatoms. The van der Waals surface area contributed by atoms with Gasteiger partial charge in [-0.2, -0.15) is 26.7 Å². The summed E-state index contributed by atoms with van der Waals surface area (Å²) < 4.78 is 58.6. The topological polar surface area (TPSA) is 93.9 Å². The molecule has 1 amide bonds. The van der Waals surface area contributed by atoms with Crippen molar-refractivity contribution in [2.24, 2.45) is 17.3 Å². The van der Waals surface area contributed by atoms with E-state index in [4.69, 9.17) is 20.0 Å². The van der Waals surface area contributed by atoms with Crippen molar-refractivity contribution in [3.05, 3.63) is 34.2 Å². The molecule has 7 nitrogen and oxygen atoms in total. The Kier molecular flexibility index (Phi) is 11.7. The summed E-state index contributed by atoms with van der Waals surface area (Å²) in [6.45, 7) is 11.5. The minimum atomic E-state index is -4.34. The zero-order chi connectivity index (χ0) is 29.5. The van der Waals surface area contributed by atoms with E-state index in [-0.39, 0.29) is 29.0 Å². The highest BCUT2D eigenvalue weighted by atomic mass is 35.5. The monoisotopic (exact) mass is 590 g/mol. The van der Waals surface area contributed by atoms with Gasteiger partial charge in [-0.05, 0) is 49.1 Å². The Labute approximate surface area is 236 Å². The lowest BCUT2D eigenvalue weighted by Gasteiger charge is -2.27. The van der Waals surface area contributed by atoms with Crippen LogP contribution < -0.4 is 5.32 Å².